The SMILES string of the molecule is CC(c1cc(-c2ccccc2)n[nH]1)N(C)C(=O)Cc1ccc(O)c(Cl)c1. The summed E-state index contributed by atoms with van der Waals surface area (Å²) < 4.78 is 0. The summed E-state index contributed by atoms with van der Waals surface area (Å²) in [6.45, 7) is 1.95. The van der Waals surface area contributed by atoms with Gasteiger partial charge in [-0.25, -0.2) is 0 Å². The summed E-state index contributed by atoms with van der Waals surface area (Å²) in [5, 5.41) is 17.1. The number of likely N-dealkylation sites (N-methyl/N-ethyl adjacent to an activating group) is 1. The van der Waals surface area contributed by atoms with E-state index in [0.717, 1.165) is 22.5 Å². The van der Waals surface area contributed by atoms with Crippen LogP contribution in [0.15, 0.2) is 54.6 Å². The Balaban J connectivity index is 1.70. The molecule has 0 saturated carbocycles. The first kappa shape index (κ1) is 18.0. The second-order valence-electron chi connectivity index (χ2n) is 6.22. The first-order valence-electron chi connectivity index (χ1n) is 8.29. The van der Waals surface area contributed by atoms with E-state index in [1.165, 1.54) is 6.07 Å². The molecule has 0 radical (unpaired) electrons. The van der Waals surface area contributed by atoms with Crippen molar-refractivity contribution in [2.75, 3.05) is 7.05 Å². The monoisotopic (exact) mass is 369 g/mol. The number of aromatic nitrogens is 2. The van der Waals surface area contributed by atoms with E-state index >= 15 is 0 Å². The topological polar surface area (TPSA) is 69.2 Å². The Kier molecular flexibility index (Phi) is 5.28. The number of hydrogen-bond acceptors (Lipinski definition) is 3. The number of halogens is 1. The van der Waals surface area contributed by atoms with Gasteiger partial charge in [0.1, 0.15) is 5.75 Å². The van der Waals surface area contributed by atoms with E-state index in [9.17, 15) is 9.90 Å². The van der Waals surface area contributed by atoms with Crippen LogP contribution in [0.3, 0.4) is 0 Å². The zero-order valence-electron chi connectivity index (χ0n) is 14.6. The minimum Gasteiger partial charge on any atom is -0.506 e. The van der Waals surface area contributed by atoms with Gasteiger partial charge in [-0.1, -0.05) is 48.0 Å². The van der Waals surface area contributed by atoms with Crippen LogP contribution in [-0.4, -0.2) is 33.2 Å². The average Bonchev–Trinajstić information content (AvgIpc) is 3.14. The molecule has 0 bridgehead atoms. The lowest BCUT2D eigenvalue weighted by molar-refractivity contribution is -0.131. The quantitative estimate of drug-likeness (QED) is 0.708. The zero-order chi connectivity index (χ0) is 18.7. The van der Waals surface area contributed by atoms with E-state index in [1.54, 1.807) is 24.1 Å². The fourth-order valence-electron chi connectivity index (χ4n) is 2.69. The average molecular weight is 370 g/mol. The molecule has 0 aliphatic heterocycles. The molecule has 0 aliphatic rings. The van der Waals surface area contributed by atoms with Crippen molar-refractivity contribution in [3.8, 4) is 17.0 Å². The number of H-pyrrole nitrogens is 1. The van der Waals surface area contributed by atoms with Crippen molar-refractivity contribution in [2.45, 2.75) is 19.4 Å². The smallest absolute Gasteiger partial charge is 0.227 e. The highest BCUT2D eigenvalue weighted by Crippen LogP contribution is 2.26. The Morgan fingerprint density at radius 1 is 1.23 bits per heavy atom. The number of carbonyl (C=O) groups is 1. The van der Waals surface area contributed by atoms with E-state index in [-0.39, 0.29) is 29.1 Å². The third kappa shape index (κ3) is 3.89. The van der Waals surface area contributed by atoms with E-state index < -0.39 is 0 Å². The second-order valence-corrected chi connectivity index (χ2v) is 6.62. The molecule has 2 N–H and O–H groups in total. The normalized spacial score (nSPS) is 12.0. The standard InChI is InChI=1S/C20H20ClN3O2/c1-13(17-12-18(23-22-17)15-6-4-3-5-7-15)24(2)20(26)11-14-8-9-19(25)16(21)10-14/h3-10,12-13,25H,11H2,1-2H3,(H,22,23). The fraction of sp³-hybridized carbons (Fsp3) is 0.200. The first-order valence-corrected chi connectivity index (χ1v) is 8.67. The lowest BCUT2D eigenvalue weighted by Gasteiger charge is -2.24. The molecule has 1 amide bonds. The first-order chi connectivity index (χ1) is 12.5. The number of phenolic OH excluding ortho intramolecular Hbond substituents is 1. The number of nitrogens with one attached hydrogen (secondary N) is 1. The van der Waals surface area contributed by atoms with Crippen molar-refractivity contribution in [1.29, 1.82) is 0 Å². The molecule has 1 heterocycles. The summed E-state index contributed by atoms with van der Waals surface area (Å²) in [5.74, 6) is -0.0365. The molecule has 3 aromatic rings. The van der Waals surface area contributed by atoms with Gasteiger partial charge >= 0.3 is 0 Å². The minimum atomic E-state index is -0.153. The highest BCUT2D eigenvalue weighted by Gasteiger charge is 2.20. The summed E-state index contributed by atoms with van der Waals surface area (Å²) in [5.41, 5.74) is 3.49. The number of amides is 1. The Bertz CT molecular complexity index is 908. The summed E-state index contributed by atoms with van der Waals surface area (Å²) >= 11 is 5.91. The van der Waals surface area contributed by atoms with E-state index in [0.29, 0.717) is 0 Å². The maximum atomic E-state index is 12.6. The third-order valence-corrected chi connectivity index (χ3v) is 4.76. The van der Waals surface area contributed by atoms with E-state index in [1.807, 2.05) is 43.3 Å². The molecule has 0 spiro atoms. The van der Waals surface area contributed by atoms with Gasteiger partial charge in [-0.15, -0.1) is 0 Å². The van der Waals surface area contributed by atoms with Crippen LogP contribution in [0.1, 0.15) is 24.2 Å². The van der Waals surface area contributed by atoms with Gasteiger partial charge in [0, 0.05) is 12.6 Å². The highest BCUT2D eigenvalue weighted by molar-refractivity contribution is 6.32. The van der Waals surface area contributed by atoms with Crippen LogP contribution >= 0.6 is 11.6 Å². The van der Waals surface area contributed by atoms with Gasteiger partial charge in [-0.05, 0) is 30.7 Å². The number of phenols is 1. The summed E-state index contributed by atoms with van der Waals surface area (Å²) in [6, 6.07) is 16.5. The largest absolute Gasteiger partial charge is 0.506 e. The maximum Gasteiger partial charge on any atom is 0.227 e. The lowest BCUT2D eigenvalue weighted by atomic mass is 10.1. The number of nitrogens with zero attached hydrogens (tertiary/aromatic N) is 2. The second kappa shape index (κ2) is 7.62. The van der Waals surface area contributed by atoms with Gasteiger partial charge in [-0.2, -0.15) is 5.10 Å². The number of rotatable bonds is 5. The summed E-state index contributed by atoms with van der Waals surface area (Å²) in [4.78, 5) is 14.3. The van der Waals surface area contributed by atoms with Crippen LogP contribution in [0.2, 0.25) is 5.02 Å². The number of aromatic hydroxyl groups is 1. The molecule has 3 rings (SSSR count). The van der Waals surface area contributed by atoms with Gasteiger partial charge in [0.15, 0.2) is 0 Å². The van der Waals surface area contributed by atoms with Gasteiger partial charge in [0.05, 0.1) is 28.9 Å². The third-order valence-electron chi connectivity index (χ3n) is 4.46. The van der Waals surface area contributed by atoms with E-state index in [2.05, 4.69) is 10.2 Å². The Hall–Kier alpha value is -2.79. The molecule has 0 fully saturated rings. The molecular formula is C20H20ClN3O2. The predicted octanol–water partition coefficient (Wildman–Crippen LogP) is 4.20. The van der Waals surface area contributed by atoms with Crippen LogP contribution in [0.25, 0.3) is 11.3 Å². The van der Waals surface area contributed by atoms with Gasteiger partial charge < -0.3 is 10.0 Å². The molecule has 1 unspecified atom stereocenters. The van der Waals surface area contributed by atoms with Gasteiger partial charge in [0.2, 0.25) is 5.91 Å². The zero-order valence-corrected chi connectivity index (χ0v) is 15.4. The maximum absolute atomic E-state index is 12.6. The van der Waals surface area contributed by atoms with Crippen molar-refractivity contribution < 1.29 is 9.90 Å². The van der Waals surface area contributed by atoms with Crippen LogP contribution in [-0.2, 0) is 11.2 Å². The van der Waals surface area contributed by atoms with Crippen LogP contribution in [0, 0.1) is 0 Å². The van der Waals surface area contributed by atoms with Gasteiger partial charge in [0.25, 0.3) is 0 Å². The number of benzene rings is 2. The fourth-order valence-corrected chi connectivity index (χ4v) is 2.89. The molecule has 1 aromatic heterocycles. The molecule has 2 aromatic carbocycles. The molecule has 0 saturated heterocycles. The Labute approximate surface area is 157 Å². The minimum absolute atomic E-state index is 0.00971. The number of carbonyl (C=O) groups excluding carboxylic acids is 1. The molecule has 6 heteroatoms. The molecule has 0 aliphatic carbocycles. The molecular weight excluding hydrogens is 350 g/mol. The number of aromatic amines is 1. The van der Waals surface area contributed by atoms with Crippen molar-refractivity contribution in [3.05, 3.63) is 70.9 Å². The Morgan fingerprint density at radius 2 is 1.96 bits per heavy atom. The molecule has 1 atom stereocenters. The summed E-state index contributed by atoms with van der Waals surface area (Å²) in [6.07, 6.45) is 0.209. The van der Waals surface area contributed by atoms with Crippen molar-refractivity contribution in [3.63, 3.8) is 0 Å². The Morgan fingerprint density at radius 3 is 2.65 bits per heavy atom. The molecule has 134 valence electrons. The van der Waals surface area contributed by atoms with Crippen LogP contribution < -0.4 is 0 Å². The van der Waals surface area contributed by atoms with Crippen molar-refractivity contribution >= 4 is 17.5 Å². The number of hydrogen-bond donors (Lipinski definition) is 2. The van der Waals surface area contributed by atoms with Gasteiger partial charge in [-0.3, -0.25) is 9.89 Å². The predicted molar refractivity (Wildman–Crippen MR) is 102 cm³/mol. The highest BCUT2D eigenvalue weighted by atomic mass is 35.5. The van der Waals surface area contributed by atoms with Crippen LogP contribution in [0.5, 0.6) is 5.75 Å². The van der Waals surface area contributed by atoms with E-state index in [4.69, 9.17) is 11.6 Å². The summed E-state index contributed by atoms with van der Waals surface area (Å²) in [7, 11) is 1.76. The molecule has 5 nitrogen and oxygen atoms in total. The van der Waals surface area contributed by atoms with Crippen molar-refractivity contribution in [1.82, 2.24) is 15.1 Å². The van der Waals surface area contributed by atoms with Crippen LogP contribution in [0.4, 0.5) is 0 Å². The molecule has 26 heavy (non-hydrogen) atoms. The van der Waals surface area contributed by atoms with Crippen molar-refractivity contribution in [2.24, 2.45) is 0 Å². The lowest BCUT2D eigenvalue weighted by Crippen LogP contribution is -2.31.